The van der Waals surface area contributed by atoms with Crippen molar-refractivity contribution in [3.8, 4) is 0 Å². The standard InChI is InChI=1S/C21H25NO3/c1-4-12-22(13-16-10-8-14(2)9-11-16)21(24)20-15(3)19-17(23)6-5-7-18(19)25-20/h8-11H,4-7,12-13H2,1-3H3. The summed E-state index contributed by atoms with van der Waals surface area (Å²) >= 11 is 0. The van der Waals surface area contributed by atoms with Crippen molar-refractivity contribution < 1.29 is 14.0 Å². The van der Waals surface area contributed by atoms with Gasteiger partial charge in [0.15, 0.2) is 11.5 Å². The van der Waals surface area contributed by atoms with E-state index in [0.717, 1.165) is 24.8 Å². The van der Waals surface area contributed by atoms with Gasteiger partial charge in [-0.05, 0) is 32.3 Å². The highest BCUT2D eigenvalue weighted by Crippen LogP contribution is 2.30. The van der Waals surface area contributed by atoms with E-state index in [1.165, 1.54) is 5.56 Å². The highest BCUT2D eigenvalue weighted by atomic mass is 16.4. The fourth-order valence-corrected chi connectivity index (χ4v) is 3.43. The molecule has 0 spiro atoms. The highest BCUT2D eigenvalue weighted by Gasteiger charge is 2.30. The third kappa shape index (κ3) is 3.53. The van der Waals surface area contributed by atoms with Crippen molar-refractivity contribution in [3.05, 3.63) is 58.0 Å². The molecule has 0 bridgehead atoms. The Balaban J connectivity index is 1.88. The van der Waals surface area contributed by atoms with Gasteiger partial charge in [0.25, 0.3) is 5.91 Å². The molecule has 0 saturated carbocycles. The zero-order chi connectivity index (χ0) is 18.0. The van der Waals surface area contributed by atoms with Gasteiger partial charge in [0.2, 0.25) is 0 Å². The van der Waals surface area contributed by atoms with Crippen LogP contribution in [0.5, 0.6) is 0 Å². The molecule has 3 rings (SSSR count). The summed E-state index contributed by atoms with van der Waals surface area (Å²) in [4.78, 5) is 27.1. The van der Waals surface area contributed by atoms with E-state index < -0.39 is 0 Å². The molecule has 0 aliphatic heterocycles. The summed E-state index contributed by atoms with van der Waals surface area (Å²) in [6.07, 6.45) is 2.95. The number of ketones is 1. The quantitative estimate of drug-likeness (QED) is 0.807. The van der Waals surface area contributed by atoms with Crippen molar-refractivity contribution in [2.24, 2.45) is 0 Å². The van der Waals surface area contributed by atoms with Crippen molar-refractivity contribution in [1.82, 2.24) is 4.90 Å². The smallest absolute Gasteiger partial charge is 0.290 e. The van der Waals surface area contributed by atoms with Gasteiger partial charge in [0, 0.05) is 31.5 Å². The number of amides is 1. The molecule has 0 radical (unpaired) electrons. The predicted molar refractivity (Wildman–Crippen MR) is 96.9 cm³/mol. The molecule has 0 unspecified atom stereocenters. The monoisotopic (exact) mass is 339 g/mol. The zero-order valence-electron chi connectivity index (χ0n) is 15.2. The average molecular weight is 339 g/mol. The van der Waals surface area contributed by atoms with E-state index in [9.17, 15) is 9.59 Å². The van der Waals surface area contributed by atoms with Gasteiger partial charge in [-0.1, -0.05) is 36.8 Å². The summed E-state index contributed by atoms with van der Waals surface area (Å²) in [5, 5.41) is 0. The van der Waals surface area contributed by atoms with E-state index in [4.69, 9.17) is 4.42 Å². The van der Waals surface area contributed by atoms with Gasteiger partial charge in [0.1, 0.15) is 5.76 Å². The number of Topliss-reactive ketones (excluding diaryl/α,β-unsaturated/α-hetero) is 1. The Kier molecular flexibility index (Phi) is 5.07. The third-order valence-electron chi connectivity index (χ3n) is 4.78. The summed E-state index contributed by atoms with van der Waals surface area (Å²) in [6.45, 7) is 7.14. The molecule has 0 atom stereocenters. The normalized spacial score (nSPS) is 13.6. The average Bonchev–Trinajstić information content (AvgIpc) is 2.94. The minimum Gasteiger partial charge on any atom is -0.455 e. The molecule has 4 heteroatoms. The molecule has 132 valence electrons. The first-order valence-electron chi connectivity index (χ1n) is 9.01. The van der Waals surface area contributed by atoms with E-state index in [0.29, 0.717) is 42.2 Å². The van der Waals surface area contributed by atoms with Gasteiger partial charge in [-0.2, -0.15) is 0 Å². The molecule has 2 aromatic rings. The molecule has 1 aromatic carbocycles. The fourth-order valence-electron chi connectivity index (χ4n) is 3.43. The molecule has 4 nitrogen and oxygen atoms in total. The molecule has 0 saturated heterocycles. The van der Waals surface area contributed by atoms with Gasteiger partial charge < -0.3 is 9.32 Å². The summed E-state index contributed by atoms with van der Waals surface area (Å²) in [6, 6.07) is 8.21. The van der Waals surface area contributed by atoms with Gasteiger partial charge in [-0.25, -0.2) is 0 Å². The van der Waals surface area contributed by atoms with Crippen LogP contribution in [0.2, 0.25) is 0 Å². The fraction of sp³-hybridized carbons (Fsp3) is 0.429. The number of hydrogen-bond acceptors (Lipinski definition) is 3. The number of carbonyl (C=O) groups is 2. The number of nitrogens with zero attached hydrogens (tertiary/aromatic N) is 1. The number of aryl methyl sites for hydroxylation is 2. The van der Waals surface area contributed by atoms with Gasteiger partial charge in [-0.3, -0.25) is 9.59 Å². The first-order valence-corrected chi connectivity index (χ1v) is 9.01. The maximum Gasteiger partial charge on any atom is 0.290 e. The van der Waals surface area contributed by atoms with Crippen LogP contribution in [-0.4, -0.2) is 23.1 Å². The van der Waals surface area contributed by atoms with Crippen LogP contribution >= 0.6 is 0 Å². The van der Waals surface area contributed by atoms with Crippen LogP contribution in [0.4, 0.5) is 0 Å². The Bertz CT molecular complexity index is 786. The topological polar surface area (TPSA) is 50.5 Å². The van der Waals surface area contributed by atoms with Gasteiger partial charge in [-0.15, -0.1) is 0 Å². The maximum absolute atomic E-state index is 13.1. The van der Waals surface area contributed by atoms with Crippen LogP contribution in [0.1, 0.15) is 69.5 Å². The molecule has 0 N–H and O–H groups in total. The molecule has 1 aliphatic rings. The van der Waals surface area contributed by atoms with Gasteiger partial charge in [0.05, 0.1) is 5.56 Å². The Morgan fingerprint density at radius 2 is 1.88 bits per heavy atom. The van der Waals surface area contributed by atoms with Crippen LogP contribution in [0.3, 0.4) is 0 Å². The summed E-state index contributed by atoms with van der Waals surface area (Å²) in [5.41, 5.74) is 3.64. The van der Waals surface area contributed by atoms with Crippen LogP contribution < -0.4 is 0 Å². The summed E-state index contributed by atoms with van der Waals surface area (Å²) in [7, 11) is 0. The van der Waals surface area contributed by atoms with Crippen molar-refractivity contribution in [1.29, 1.82) is 0 Å². The Morgan fingerprint density at radius 3 is 2.52 bits per heavy atom. The Hall–Kier alpha value is -2.36. The highest BCUT2D eigenvalue weighted by molar-refractivity contribution is 6.03. The molecule has 1 aromatic heterocycles. The van der Waals surface area contributed by atoms with Gasteiger partial charge >= 0.3 is 0 Å². The second kappa shape index (κ2) is 7.26. The minimum absolute atomic E-state index is 0.0992. The Labute approximate surface area is 148 Å². The number of fused-ring (bicyclic) bond motifs is 1. The third-order valence-corrected chi connectivity index (χ3v) is 4.78. The molecule has 25 heavy (non-hydrogen) atoms. The first-order chi connectivity index (χ1) is 12.0. The second-order valence-electron chi connectivity index (χ2n) is 6.84. The lowest BCUT2D eigenvalue weighted by Crippen LogP contribution is -2.31. The van der Waals surface area contributed by atoms with Crippen LogP contribution in [0, 0.1) is 13.8 Å². The SMILES string of the molecule is CCCN(Cc1ccc(C)cc1)C(=O)c1oc2c(c1C)C(=O)CCC2. The molecular formula is C21H25NO3. The van der Waals surface area contributed by atoms with Crippen molar-refractivity contribution >= 4 is 11.7 Å². The zero-order valence-corrected chi connectivity index (χ0v) is 15.2. The molecular weight excluding hydrogens is 314 g/mol. The van der Waals surface area contributed by atoms with Crippen LogP contribution in [0.25, 0.3) is 0 Å². The van der Waals surface area contributed by atoms with Crippen molar-refractivity contribution in [2.45, 2.75) is 53.0 Å². The van der Waals surface area contributed by atoms with E-state index in [1.807, 2.05) is 18.7 Å². The van der Waals surface area contributed by atoms with Crippen LogP contribution in [-0.2, 0) is 13.0 Å². The number of furan rings is 1. The predicted octanol–water partition coefficient (Wildman–Crippen LogP) is 4.47. The largest absolute Gasteiger partial charge is 0.455 e. The first kappa shape index (κ1) is 17.5. The molecule has 1 amide bonds. The van der Waals surface area contributed by atoms with Crippen molar-refractivity contribution in [3.63, 3.8) is 0 Å². The lowest BCUT2D eigenvalue weighted by atomic mass is 9.94. The number of rotatable bonds is 5. The Morgan fingerprint density at radius 1 is 1.16 bits per heavy atom. The van der Waals surface area contributed by atoms with Crippen LogP contribution in [0.15, 0.2) is 28.7 Å². The number of carbonyl (C=O) groups excluding carboxylic acids is 2. The minimum atomic E-state index is -0.123. The molecule has 1 heterocycles. The van der Waals surface area contributed by atoms with E-state index in [2.05, 4.69) is 31.2 Å². The lowest BCUT2D eigenvalue weighted by molar-refractivity contribution is 0.0707. The molecule has 1 aliphatic carbocycles. The number of hydrogen-bond donors (Lipinski definition) is 0. The molecule has 0 fully saturated rings. The van der Waals surface area contributed by atoms with E-state index in [1.54, 1.807) is 0 Å². The summed E-state index contributed by atoms with van der Waals surface area (Å²) in [5.74, 6) is 0.994. The van der Waals surface area contributed by atoms with E-state index >= 15 is 0 Å². The lowest BCUT2D eigenvalue weighted by Gasteiger charge is -2.21. The number of benzene rings is 1. The van der Waals surface area contributed by atoms with E-state index in [-0.39, 0.29) is 11.7 Å². The maximum atomic E-state index is 13.1. The van der Waals surface area contributed by atoms with Crippen molar-refractivity contribution in [2.75, 3.05) is 6.54 Å². The summed E-state index contributed by atoms with van der Waals surface area (Å²) < 4.78 is 5.84. The second-order valence-corrected chi connectivity index (χ2v) is 6.84.